The van der Waals surface area contributed by atoms with Crippen LogP contribution in [0.1, 0.15) is 11.3 Å². The average Bonchev–Trinajstić information content (AvgIpc) is 2.99. The predicted molar refractivity (Wildman–Crippen MR) is 81.0 cm³/mol. The lowest BCUT2D eigenvalue weighted by Gasteiger charge is -2.17. The van der Waals surface area contributed by atoms with Gasteiger partial charge in [-0.25, -0.2) is 13.4 Å². The van der Waals surface area contributed by atoms with Gasteiger partial charge < -0.3 is 14.9 Å². The number of aryl methyl sites for hydroxylation is 1. The van der Waals surface area contributed by atoms with Gasteiger partial charge in [0.2, 0.25) is 0 Å². The quantitative estimate of drug-likeness (QED) is 0.733. The summed E-state index contributed by atoms with van der Waals surface area (Å²) < 4.78 is 44.9. The summed E-state index contributed by atoms with van der Waals surface area (Å²) in [6.07, 6.45) is 0. The highest BCUT2D eigenvalue weighted by Gasteiger charge is 2.37. The van der Waals surface area contributed by atoms with Crippen LogP contribution in [0.15, 0.2) is 22.7 Å². The van der Waals surface area contributed by atoms with Gasteiger partial charge in [0.1, 0.15) is 23.7 Å². The summed E-state index contributed by atoms with van der Waals surface area (Å²) in [6, 6.07) is 3.91. The second-order valence-corrected chi connectivity index (χ2v) is 6.75. The third kappa shape index (κ3) is 2.97. The van der Waals surface area contributed by atoms with Crippen molar-refractivity contribution in [1.29, 1.82) is 0 Å². The number of anilines is 2. The first-order valence-electron chi connectivity index (χ1n) is 6.78. The molecule has 1 amide bonds. The molecule has 0 unspecified atom stereocenters. The fourth-order valence-electron chi connectivity index (χ4n) is 2.28. The van der Waals surface area contributed by atoms with Gasteiger partial charge in [0.15, 0.2) is 11.6 Å². The molecule has 1 aromatic heterocycles. The maximum absolute atomic E-state index is 14.3. The monoisotopic (exact) mass is 356 g/mol. The van der Waals surface area contributed by atoms with Crippen LogP contribution in [0.2, 0.25) is 0 Å². The van der Waals surface area contributed by atoms with Crippen molar-refractivity contribution in [3.05, 3.63) is 35.3 Å². The van der Waals surface area contributed by atoms with Crippen molar-refractivity contribution in [2.45, 2.75) is 13.5 Å². The SMILES string of the molecule is Cc1cc(NCc2cc(O)c(N3CC(=O)NS3(=O)=O)c(F)c2)no1. The van der Waals surface area contributed by atoms with E-state index in [1.807, 2.05) is 0 Å². The molecule has 1 aromatic carbocycles. The largest absolute Gasteiger partial charge is 0.506 e. The van der Waals surface area contributed by atoms with Crippen molar-refractivity contribution < 1.29 is 27.2 Å². The van der Waals surface area contributed by atoms with Gasteiger partial charge in [0.05, 0.1) is 0 Å². The van der Waals surface area contributed by atoms with Gasteiger partial charge in [0, 0.05) is 12.6 Å². The first-order chi connectivity index (χ1) is 11.3. The van der Waals surface area contributed by atoms with Crippen molar-refractivity contribution in [3.63, 3.8) is 0 Å². The third-order valence-corrected chi connectivity index (χ3v) is 4.65. The molecular formula is C13H13FN4O5S. The van der Waals surface area contributed by atoms with Crippen LogP contribution in [0.4, 0.5) is 15.9 Å². The Kier molecular flexibility index (Phi) is 3.79. The van der Waals surface area contributed by atoms with Crippen LogP contribution in [-0.4, -0.2) is 31.1 Å². The van der Waals surface area contributed by atoms with E-state index in [1.54, 1.807) is 17.7 Å². The Morgan fingerprint density at radius 1 is 1.46 bits per heavy atom. The van der Waals surface area contributed by atoms with E-state index in [0.29, 0.717) is 21.4 Å². The zero-order valence-electron chi connectivity index (χ0n) is 12.4. The Morgan fingerprint density at radius 2 is 2.21 bits per heavy atom. The summed E-state index contributed by atoms with van der Waals surface area (Å²) in [5.74, 6) is -1.33. The third-order valence-electron chi connectivity index (χ3n) is 3.27. The summed E-state index contributed by atoms with van der Waals surface area (Å²) in [6.45, 7) is 1.24. The molecule has 2 aromatic rings. The van der Waals surface area contributed by atoms with Gasteiger partial charge >= 0.3 is 10.2 Å². The summed E-state index contributed by atoms with van der Waals surface area (Å²) in [4.78, 5) is 11.2. The lowest BCUT2D eigenvalue weighted by Crippen LogP contribution is -2.30. The number of phenols is 1. The molecule has 11 heteroatoms. The number of rotatable bonds is 4. The highest BCUT2D eigenvalue weighted by atomic mass is 32.2. The maximum atomic E-state index is 14.3. The van der Waals surface area contributed by atoms with E-state index in [2.05, 4.69) is 10.5 Å². The number of carbonyl (C=O) groups is 1. The number of benzene rings is 1. The van der Waals surface area contributed by atoms with Crippen LogP contribution in [0.25, 0.3) is 0 Å². The molecule has 0 radical (unpaired) electrons. The number of hydrogen-bond acceptors (Lipinski definition) is 7. The number of hydrogen-bond donors (Lipinski definition) is 3. The second kappa shape index (κ2) is 5.67. The number of aromatic hydroxyl groups is 1. The number of amides is 1. The molecule has 1 fully saturated rings. The fraction of sp³-hybridized carbons (Fsp3) is 0.231. The van der Waals surface area contributed by atoms with Crippen molar-refractivity contribution in [2.24, 2.45) is 0 Å². The molecule has 0 spiro atoms. The summed E-state index contributed by atoms with van der Waals surface area (Å²) >= 11 is 0. The number of nitrogens with one attached hydrogen (secondary N) is 2. The first-order valence-corrected chi connectivity index (χ1v) is 8.22. The zero-order valence-corrected chi connectivity index (χ0v) is 13.2. The van der Waals surface area contributed by atoms with Crippen LogP contribution in [0.3, 0.4) is 0 Å². The molecular weight excluding hydrogens is 343 g/mol. The van der Waals surface area contributed by atoms with Gasteiger partial charge in [-0.1, -0.05) is 5.16 Å². The Hall–Kier alpha value is -2.82. The van der Waals surface area contributed by atoms with Crippen LogP contribution in [0, 0.1) is 12.7 Å². The van der Waals surface area contributed by atoms with Crippen molar-refractivity contribution in [1.82, 2.24) is 9.88 Å². The molecule has 1 saturated heterocycles. The highest BCUT2D eigenvalue weighted by molar-refractivity contribution is 7.92. The van der Waals surface area contributed by atoms with Gasteiger partial charge in [-0.15, -0.1) is 0 Å². The van der Waals surface area contributed by atoms with Gasteiger partial charge in [0.25, 0.3) is 5.91 Å². The molecule has 1 aliphatic heterocycles. The summed E-state index contributed by atoms with van der Waals surface area (Å²) in [7, 11) is -4.20. The molecule has 0 bridgehead atoms. The number of nitrogens with zero attached hydrogens (tertiary/aromatic N) is 2. The minimum Gasteiger partial charge on any atom is -0.506 e. The van der Waals surface area contributed by atoms with Crippen molar-refractivity contribution >= 4 is 27.6 Å². The van der Waals surface area contributed by atoms with Crippen LogP contribution in [-0.2, 0) is 21.5 Å². The van der Waals surface area contributed by atoms with Crippen LogP contribution in [0.5, 0.6) is 5.75 Å². The zero-order chi connectivity index (χ0) is 17.5. The number of aromatic nitrogens is 1. The number of halogens is 1. The minimum absolute atomic E-state index is 0.126. The van der Waals surface area contributed by atoms with Crippen molar-refractivity contribution in [3.8, 4) is 5.75 Å². The summed E-state index contributed by atoms with van der Waals surface area (Å²) in [5.41, 5.74) is -0.223. The number of carbonyl (C=O) groups excluding carboxylic acids is 1. The topological polar surface area (TPSA) is 125 Å². The van der Waals surface area contributed by atoms with E-state index in [4.69, 9.17) is 4.52 Å². The van der Waals surface area contributed by atoms with Crippen LogP contribution >= 0.6 is 0 Å². The molecule has 24 heavy (non-hydrogen) atoms. The molecule has 0 saturated carbocycles. The number of phenolic OH excluding ortho intramolecular Hbond substituents is 1. The lowest BCUT2D eigenvalue weighted by molar-refractivity contribution is -0.117. The Balaban J connectivity index is 1.85. The maximum Gasteiger partial charge on any atom is 0.326 e. The molecule has 3 rings (SSSR count). The standard InChI is InChI=1S/C13H13FN4O5S/c1-7-2-11(16-23-7)15-5-8-3-9(14)13(10(19)4-8)18-6-12(20)17-24(18,21)22/h2-4,19H,5-6H2,1H3,(H,15,16)(H,17,20). The molecule has 3 N–H and O–H groups in total. The van der Waals surface area contributed by atoms with E-state index in [1.165, 1.54) is 6.07 Å². The molecule has 0 atom stereocenters. The van der Waals surface area contributed by atoms with Gasteiger partial charge in [-0.2, -0.15) is 8.42 Å². The van der Waals surface area contributed by atoms with E-state index < -0.39 is 39.9 Å². The highest BCUT2D eigenvalue weighted by Crippen LogP contribution is 2.34. The Morgan fingerprint density at radius 3 is 2.75 bits per heavy atom. The Bertz CT molecular complexity index is 888. The van der Waals surface area contributed by atoms with E-state index in [-0.39, 0.29) is 6.54 Å². The average molecular weight is 356 g/mol. The molecule has 1 aliphatic rings. The van der Waals surface area contributed by atoms with Gasteiger partial charge in [-0.05, 0) is 24.6 Å². The smallest absolute Gasteiger partial charge is 0.326 e. The minimum atomic E-state index is -4.20. The first kappa shape index (κ1) is 16.1. The van der Waals surface area contributed by atoms with E-state index >= 15 is 0 Å². The molecule has 128 valence electrons. The Labute approximate surface area is 136 Å². The molecule has 0 aliphatic carbocycles. The van der Waals surface area contributed by atoms with E-state index in [9.17, 15) is 22.7 Å². The van der Waals surface area contributed by atoms with Gasteiger partial charge in [-0.3, -0.25) is 4.79 Å². The predicted octanol–water partition coefficient (Wildman–Crippen LogP) is 0.621. The molecule has 2 heterocycles. The van der Waals surface area contributed by atoms with E-state index in [0.717, 1.165) is 6.07 Å². The summed E-state index contributed by atoms with van der Waals surface area (Å²) in [5, 5.41) is 16.6. The van der Waals surface area contributed by atoms with Crippen LogP contribution < -0.4 is 14.3 Å². The second-order valence-electron chi connectivity index (χ2n) is 5.16. The molecule has 9 nitrogen and oxygen atoms in total. The van der Waals surface area contributed by atoms with Crippen molar-refractivity contribution in [2.75, 3.05) is 16.2 Å². The fourth-order valence-corrected chi connectivity index (χ4v) is 3.45. The normalized spacial score (nSPS) is 16.2. The lowest BCUT2D eigenvalue weighted by atomic mass is 10.1.